The second-order valence-electron chi connectivity index (χ2n) is 6.01. The van der Waals surface area contributed by atoms with E-state index in [0.29, 0.717) is 11.2 Å². The molecule has 0 N–H and O–H groups in total. The standard InChI is InChI=1S/C12H20O/c1-11(2,3)9-4-5-10(13)12(8-9)6-7-12/h9H,4-8H2,1-3H3. The van der Waals surface area contributed by atoms with Gasteiger partial charge >= 0.3 is 0 Å². The highest BCUT2D eigenvalue weighted by Gasteiger charge is 2.53. The van der Waals surface area contributed by atoms with Gasteiger partial charge in [0.15, 0.2) is 0 Å². The molecule has 2 aliphatic carbocycles. The summed E-state index contributed by atoms with van der Waals surface area (Å²) in [7, 11) is 0. The first-order chi connectivity index (χ1) is 5.94. The Balaban J connectivity index is 2.08. The average Bonchev–Trinajstić information content (AvgIpc) is 2.75. The van der Waals surface area contributed by atoms with Crippen molar-refractivity contribution in [3.05, 3.63) is 0 Å². The molecule has 1 nitrogen and oxygen atoms in total. The fourth-order valence-electron chi connectivity index (χ4n) is 2.63. The molecule has 2 aliphatic rings. The van der Waals surface area contributed by atoms with Crippen LogP contribution < -0.4 is 0 Å². The Morgan fingerprint density at radius 2 is 1.92 bits per heavy atom. The first kappa shape index (κ1) is 9.23. The van der Waals surface area contributed by atoms with Crippen LogP contribution in [0.5, 0.6) is 0 Å². The second kappa shape index (κ2) is 2.59. The van der Waals surface area contributed by atoms with Gasteiger partial charge in [0.05, 0.1) is 0 Å². The van der Waals surface area contributed by atoms with Crippen molar-refractivity contribution in [3.63, 3.8) is 0 Å². The summed E-state index contributed by atoms with van der Waals surface area (Å²) in [6.07, 6.45) is 5.51. The molecule has 2 saturated carbocycles. The van der Waals surface area contributed by atoms with Crippen molar-refractivity contribution in [2.24, 2.45) is 16.7 Å². The van der Waals surface area contributed by atoms with Crippen molar-refractivity contribution in [2.45, 2.75) is 52.9 Å². The zero-order valence-corrected chi connectivity index (χ0v) is 9.02. The smallest absolute Gasteiger partial charge is 0.139 e. The van der Waals surface area contributed by atoms with Crippen molar-refractivity contribution in [2.75, 3.05) is 0 Å². The summed E-state index contributed by atoms with van der Waals surface area (Å²) in [6, 6.07) is 0. The maximum atomic E-state index is 11.7. The summed E-state index contributed by atoms with van der Waals surface area (Å²) >= 11 is 0. The van der Waals surface area contributed by atoms with Gasteiger partial charge in [-0.15, -0.1) is 0 Å². The number of carbonyl (C=O) groups excluding carboxylic acids is 1. The van der Waals surface area contributed by atoms with Gasteiger partial charge < -0.3 is 0 Å². The fraction of sp³-hybridized carbons (Fsp3) is 0.917. The van der Waals surface area contributed by atoms with E-state index in [-0.39, 0.29) is 5.41 Å². The second-order valence-corrected chi connectivity index (χ2v) is 6.01. The number of ketones is 1. The van der Waals surface area contributed by atoms with Crippen molar-refractivity contribution in [1.29, 1.82) is 0 Å². The molecular weight excluding hydrogens is 160 g/mol. The molecule has 1 spiro atoms. The molecule has 0 aromatic carbocycles. The van der Waals surface area contributed by atoms with Crippen LogP contribution in [0.15, 0.2) is 0 Å². The number of rotatable bonds is 0. The highest BCUT2D eigenvalue weighted by atomic mass is 16.1. The van der Waals surface area contributed by atoms with Crippen LogP contribution in [0.3, 0.4) is 0 Å². The monoisotopic (exact) mass is 180 g/mol. The summed E-state index contributed by atoms with van der Waals surface area (Å²) in [6.45, 7) is 6.93. The van der Waals surface area contributed by atoms with Gasteiger partial charge in [-0.2, -0.15) is 0 Å². The van der Waals surface area contributed by atoms with Gasteiger partial charge in [-0.25, -0.2) is 0 Å². The van der Waals surface area contributed by atoms with E-state index < -0.39 is 0 Å². The molecule has 1 atom stereocenters. The van der Waals surface area contributed by atoms with Gasteiger partial charge in [0, 0.05) is 11.8 Å². The Kier molecular flexibility index (Phi) is 1.84. The lowest BCUT2D eigenvalue weighted by Gasteiger charge is -2.37. The fourth-order valence-corrected chi connectivity index (χ4v) is 2.63. The highest BCUT2D eigenvalue weighted by Crippen LogP contribution is 2.57. The van der Waals surface area contributed by atoms with Crippen LogP contribution in [0.4, 0.5) is 0 Å². The topological polar surface area (TPSA) is 17.1 Å². The van der Waals surface area contributed by atoms with Crippen LogP contribution in [0.25, 0.3) is 0 Å². The lowest BCUT2D eigenvalue weighted by Crippen LogP contribution is -2.33. The van der Waals surface area contributed by atoms with Gasteiger partial charge in [0.2, 0.25) is 0 Å². The van der Waals surface area contributed by atoms with Crippen LogP contribution in [-0.2, 0) is 4.79 Å². The summed E-state index contributed by atoms with van der Waals surface area (Å²) in [5.74, 6) is 1.33. The SMILES string of the molecule is CC(C)(C)C1CCC(=O)C2(CC2)C1. The minimum absolute atomic E-state index is 0.177. The Hall–Kier alpha value is -0.330. The van der Waals surface area contributed by atoms with E-state index in [9.17, 15) is 4.79 Å². The zero-order chi connectivity index (χ0) is 9.69. The van der Waals surface area contributed by atoms with Crippen LogP contribution >= 0.6 is 0 Å². The van der Waals surface area contributed by atoms with Gasteiger partial charge in [-0.3, -0.25) is 4.79 Å². The largest absolute Gasteiger partial charge is 0.299 e. The third kappa shape index (κ3) is 1.53. The highest BCUT2D eigenvalue weighted by molar-refractivity contribution is 5.88. The minimum Gasteiger partial charge on any atom is -0.299 e. The third-order valence-corrected chi connectivity index (χ3v) is 4.03. The molecule has 0 amide bonds. The van der Waals surface area contributed by atoms with Crippen molar-refractivity contribution >= 4 is 5.78 Å². The first-order valence-corrected chi connectivity index (χ1v) is 5.47. The molecule has 0 bridgehead atoms. The molecular formula is C12H20O. The predicted octanol–water partition coefficient (Wildman–Crippen LogP) is 3.18. The molecule has 1 heteroatoms. The van der Waals surface area contributed by atoms with E-state index in [0.717, 1.165) is 18.8 Å². The van der Waals surface area contributed by atoms with Crippen molar-refractivity contribution < 1.29 is 4.79 Å². The molecule has 2 fully saturated rings. The first-order valence-electron chi connectivity index (χ1n) is 5.47. The average molecular weight is 180 g/mol. The molecule has 0 radical (unpaired) electrons. The molecule has 0 heterocycles. The van der Waals surface area contributed by atoms with Gasteiger partial charge in [-0.1, -0.05) is 20.8 Å². The summed E-state index contributed by atoms with van der Waals surface area (Å²) in [4.78, 5) is 11.7. The zero-order valence-electron chi connectivity index (χ0n) is 9.02. The van der Waals surface area contributed by atoms with Gasteiger partial charge in [0.25, 0.3) is 0 Å². The van der Waals surface area contributed by atoms with E-state index in [4.69, 9.17) is 0 Å². The lowest BCUT2D eigenvalue weighted by molar-refractivity contribution is -0.128. The van der Waals surface area contributed by atoms with Crippen LogP contribution in [0, 0.1) is 16.7 Å². The molecule has 13 heavy (non-hydrogen) atoms. The van der Waals surface area contributed by atoms with Crippen molar-refractivity contribution in [1.82, 2.24) is 0 Å². The van der Waals surface area contributed by atoms with E-state index in [1.807, 2.05) is 0 Å². The molecule has 1 unspecified atom stereocenters. The predicted molar refractivity (Wildman–Crippen MR) is 53.5 cm³/mol. The number of Topliss-reactive ketones (excluding diaryl/α,β-unsaturated/α-hetero) is 1. The Morgan fingerprint density at radius 3 is 2.38 bits per heavy atom. The quantitative estimate of drug-likeness (QED) is 0.559. The maximum Gasteiger partial charge on any atom is 0.139 e. The van der Waals surface area contributed by atoms with Crippen molar-refractivity contribution in [3.8, 4) is 0 Å². The Morgan fingerprint density at radius 1 is 1.31 bits per heavy atom. The maximum absolute atomic E-state index is 11.7. The summed E-state index contributed by atoms with van der Waals surface area (Å²) < 4.78 is 0. The van der Waals surface area contributed by atoms with Crippen LogP contribution in [-0.4, -0.2) is 5.78 Å². The summed E-state index contributed by atoms with van der Waals surface area (Å²) in [5.41, 5.74) is 0.576. The van der Waals surface area contributed by atoms with E-state index in [2.05, 4.69) is 20.8 Å². The number of hydrogen-bond acceptors (Lipinski definition) is 1. The third-order valence-electron chi connectivity index (χ3n) is 4.03. The molecule has 74 valence electrons. The molecule has 0 aliphatic heterocycles. The van der Waals surface area contributed by atoms with E-state index in [1.165, 1.54) is 19.3 Å². The molecule has 2 rings (SSSR count). The molecule has 0 saturated heterocycles. The van der Waals surface area contributed by atoms with Crippen LogP contribution in [0.1, 0.15) is 52.9 Å². The Labute approximate surface area is 80.9 Å². The number of hydrogen-bond donors (Lipinski definition) is 0. The molecule has 0 aromatic rings. The normalized spacial score (nSPS) is 32.2. The lowest BCUT2D eigenvalue weighted by atomic mass is 9.67. The summed E-state index contributed by atoms with van der Waals surface area (Å²) in [5, 5.41) is 0. The number of carbonyl (C=O) groups is 1. The minimum atomic E-state index is 0.177. The van der Waals surface area contributed by atoms with E-state index >= 15 is 0 Å². The Bertz CT molecular complexity index is 230. The van der Waals surface area contributed by atoms with Gasteiger partial charge in [0.1, 0.15) is 5.78 Å². The molecule has 0 aromatic heterocycles. The van der Waals surface area contributed by atoms with Gasteiger partial charge in [-0.05, 0) is 37.0 Å². The van der Waals surface area contributed by atoms with E-state index in [1.54, 1.807) is 0 Å². The van der Waals surface area contributed by atoms with Crippen LogP contribution in [0.2, 0.25) is 0 Å².